The molecule has 0 rings (SSSR count). The van der Waals surface area contributed by atoms with Gasteiger partial charge in [-0.3, -0.25) is 4.79 Å². The summed E-state index contributed by atoms with van der Waals surface area (Å²) in [6, 6.07) is 0.176. The van der Waals surface area contributed by atoms with Gasteiger partial charge >= 0.3 is 0 Å². The number of hydrogen-bond acceptors (Lipinski definition) is 2. The van der Waals surface area contributed by atoms with Crippen LogP contribution in [-0.2, 0) is 4.79 Å². The maximum atomic E-state index is 11.7. The Kier molecular flexibility index (Phi) is 4.35. The fraction of sp³-hybridized carbons (Fsp3) is 0.917. The first-order chi connectivity index (χ1) is 6.51. The molecule has 3 heteroatoms. The third-order valence-electron chi connectivity index (χ3n) is 2.66. The Labute approximate surface area is 94.0 Å². The molecule has 0 aliphatic heterocycles. The van der Waals surface area contributed by atoms with Gasteiger partial charge in [0.25, 0.3) is 0 Å². The molecule has 0 saturated heterocycles. The lowest BCUT2D eigenvalue weighted by Gasteiger charge is -2.46. The predicted molar refractivity (Wildman–Crippen MR) is 64.3 cm³/mol. The van der Waals surface area contributed by atoms with Crippen molar-refractivity contribution >= 4 is 5.91 Å². The summed E-state index contributed by atoms with van der Waals surface area (Å²) in [5.41, 5.74) is 5.51. The molecule has 0 bridgehead atoms. The predicted octanol–water partition coefficient (Wildman–Crippen LogP) is 2.35. The molecule has 3 nitrogen and oxygen atoms in total. The van der Waals surface area contributed by atoms with Gasteiger partial charge in [0, 0.05) is 13.0 Å². The van der Waals surface area contributed by atoms with E-state index in [4.69, 9.17) is 5.73 Å². The molecule has 0 aromatic heterocycles. The van der Waals surface area contributed by atoms with Crippen molar-refractivity contribution in [2.45, 2.75) is 66.6 Å². The number of amides is 1. The van der Waals surface area contributed by atoms with Crippen molar-refractivity contribution in [3.05, 3.63) is 0 Å². The summed E-state index contributed by atoms with van der Waals surface area (Å²) >= 11 is 0. The van der Waals surface area contributed by atoms with Gasteiger partial charge in [-0.25, -0.2) is 0 Å². The molecule has 1 unspecified atom stereocenters. The highest BCUT2D eigenvalue weighted by Gasteiger charge is 2.37. The number of hydrogen-bond donors (Lipinski definition) is 1. The van der Waals surface area contributed by atoms with Gasteiger partial charge in [-0.15, -0.1) is 0 Å². The molecule has 0 aromatic rings. The van der Waals surface area contributed by atoms with Gasteiger partial charge in [0.05, 0.1) is 5.66 Å². The maximum Gasteiger partial charge on any atom is 0.221 e. The first-order valence-electron chi connectivity index (χ1n) is 5.60. The second kappa shape index (κ2) is 4.52. The van der Waals surface area contributed by atoms with Crippen LogP contribution in [0.25, 0.3) is 0 Å². The minimum absolute atomic E-state index is 0.0456. The van der Waals surface area contributed by atoms with E-state index in [0.717, 1.165) is 6.42 Å². The summed E-state index contributed by atoms with van der Waals surface area (Å²) in [4.78, 5) is 13.5. The van der Waals surface area contributed by atoms with Crippen LogP contribution < -0.4 is 5.73 Å². The zero-order valence-corrected chi connectivity index (χ0v) is 11.2. The van der Waals surface area contributed by atoms with Crippen molar-refractivity contribution in [3.8, 4) is 0 Å². The molecule has 90 valence electrons. The lowest BCUT2D eigenvalue weighted by molar-refractivity contribution is -0.141. The van der Waals surface area contributed by atoms with E-state index in [1.807, 2.05) is 13.8 Å². The molecule has 0 aromatic carbocycles. The number of carbonyl (C=O) groups is 1. The monoisotopic (exact) mass is 214 g/mol. The second-order valence-corrected chi connectivity index (χ2v) is 5.83. The van der Waals surface area contributed by atoms with Gasteiger partial charge in [-0.05, 0) is 25.7 Å². The maximum absolute atomic E-state index is 11.7. The SMILES string of the molecule is CCC(N(C(C)=O)C(C)(C)N)C(C)(C)C. The van der Waals surface area contributed by atoms with E-state index >= 15 is 0 Å². The summed E-state index contributed by atoms with van der Waals surface area (Å²) in [6.07, 6.45) is 0.920. The standard InChI is InChI=1S/C12H26N2O/c1-8-10(11(3,4)5)14(9(2)15)12(6,7)13/h10H,8,13H2,1-7H3. The van der Waals surface area contributed by atoms with Crippen LogP contribution >= 0.6 is 0 Å². The number of carbonyl (C=O) groups excluding carboxylic acids is 1. The van der Waals surface area contributed by atoms with E-state index < -0.39 is 5.66 Å². The number of nitrogens with zero attached hydrogens (tertiary/aromatic N) is 1. The summed E-state index contributed by atoms with van der Waals surface area (Å²) in [7, 11) is 0. The highest BCUT2D eigenvalue weighted by molar-refractivity contribution is 5.74. The van der Waals surface area contributed by atoms with E-state index in [2.05, 4.69) is 27.7 Å². The molecule has 2 N–H and O–H groups in total. The van der Waals surface area contributed by atoms with E-state index in [1.54, 1.807) is 11.8 Å². The molecule has 15 heavy (non-hydrogen) atoms. The van der Waals surface area contributed by atoms with Crippen LogP contribution in [0.3, 0.4) is 0 Å². The molecule has 0 radical (unpaired) electrons. The van der Waals surface area contributed by atoms with Crippen LogP contribution in [0, 0.1) is 5.41 Å². The van der Waals surface area contributed by atoms with E-state index in [9.17, 15) is 4.79 Å². The van der Waals surface area contributed by atoms with Gasteiger partial charge in [0.15, 0.2) is 0 Å². The van der Waals surface area contributed by atoms with Crippen LogP contribution in [0.2, 0.25) is 0 Å². The molecular formula is C12H26N2O. The molecule has 0 heterocycles. The van der Waals surface area contributed by atoms with E-state index in [1.165, 1.54) is 0 Å². The summed E-state index contributed by atoms with van der Waals surface area (Å²) in [6.45, 7) is 13.9. The van der Waals surface area contributed by atoms with Crippen LogP contribution in [0.4, 0.5) is 0 Å². The van der Waals surface area contributed by atoms with Crippen molar-refractivity contribution in [1.82, 2.24) is 4.90 Å². The summed E-state index contributed by atoms with van der Waals surface area (Å²) < 4.78 is 0. The number of rotatable bonds is 3. The number of nitrogens with two attached hydrogens (primary N) is 1. The van der Waals surface area contributed by atoms with Gasteiger partial charge in [0.2, 0.25) is 5.91 Å². The zero-order valence-electron chi connectivity index (χ0n) is 11.2. The first kappa shape index (κ1) is 14.4. The minimum Gasteiger partial charge on any atom is -0.322 e. The third-order valence-corrected chi connectivity index (χ3v) is 2.66. The Morgan fingerprint density at radius 3 is 1.73 bits per heavy atom. The molecular weight excluding hydrogens is 188 g/mol. The fourth-order valence-electron chi connectivity index (χ4n) is 2.21. The fourth-order valence-corrected chi connectivity index (χ4v) is 2.21. The van der Waals surface area contributed by atoms with Crippen molar-refractivity contribution < 1.29 is 4.79 Å². The van der Waals surface area contributed by atoms with Crippen molar-refractivity contribution in [1.29, 1.82) is 0 Å². The summed E-state index contributed by atoms with van der Waals surface area (Å²) in [5, 5.41) is 0. The van der Waals surface area contributed by atoms with Crippen LogP contribution in [0.1, 0.15) is 54.9 Å². The molecule has 0 saturated carbocycles. The second-order valence-electron chi connectivity index (χ2n) is 5.83. The average Bonchev–Trinajstić information content (AvgIpc) is 1.93. The van der Waals surface area contributed by atoms with Crippen molar-refractivity contribution in [2.24, 2.45) is 11.1 Å². The van der Waals surface area contributed by atoms with Crippen LogP contribution in [-0.4, -0.2) is 22.5 Å². The molecule has 0 aliphatic rings. The van der Waals surface area contributed by atoms with Crippen molar-refractivity contribution in [2.75, 3.05) is 0 Å². The quantitative estimate of drug-likeness (QED) is 0.733. The highest BCUT2D eigenvalue weighted by Crippen LogP contribution is 2.30. The van der Waals surface area contributed by atoms with Gasteiger partial charge in [0.1, 0.15) is 0 Å². The smallest absolute Gasteiger partial charge is 0.221 e. The minimum atomic E-state index is -0.597. The normalized spacial score (nSPS) is 14.9. The van der Waals surface area contributed by atoms with Gasteiger partial charge in [-0.2, -0.15) is 0 Å². The Morgan fingerprint density at radius 1 is 1.27 bits per heavy atom. The topological polar surface area (TPSA) is 46.3 Å². The Balaban J connectivity index is 5.15. The van der Waals surface area contributed by atoms with E-state index in [-0.39, 0.29) is 17.4 Å². The Morgan fingerprint density at radius 2 is 1.67 bits per heavy atom. The largest absolute Gasteiger partial charge is 0.322 e. The lowest BCUT2D eigenvalue weighted by atomic mass is 9.83. The Bertz CT molecular complexity index is 223. The average molecular weight is 214 g/mol. The molecule has 1 amide bonds. The molecule has 1 atom stereocenters. The third kappa shape index (κ3) is 3.82. The van der Waals surface area contributed by atoms with Gasteiger partial charge in [-0.1, -0.05) is 27.7 Å². The zero-order chi connectivity index (χ0) is 12.4. The van der Waals surface area contributed by atoms with Crippen LogP contribution in [0.15, 0.2) is 0 Å². The lowest BCUT2D eigenvalue weighted by Crippen LogP contribution is -2.60. The Hall–Kier alpha value is -0.570. The van der Waals surface area contributed by atoms with Crippen molar-refractivity contribution in [3.63, 3.8) is 0 Å². The van der Waals surface area contributed by atoms with E-state index in [0.29, 0.717) is 0 Å². The van der Waals surface area contributed by atoms with Crippen LogP contribution in [0.5, 0.6) is 0 Å². The summed E-state index contributed by atoms with van der Waals surface area (Å²) in [5.74, 6) is 0.0456. The highest BCUT2D eigenvalue weighted by atomic mass is 16.2. The molecule has 0 spiro atoms. The first-order valence-corrected chi connectivity index (χ1v) is 5.60. The molecule has 0 fully saturated rings. The van der Waals surface area contributed by atoms with Gasteiger partial charge < -0.3 is 10.6 Å². The molecule has 0 aliphatic carbocycles.